The fourth-order valence-electron chi connectivity index (χ4n) is 2.85. The number of hydrogen-bond donors (Lipinski definition) is 1. The van der Waals surface area contributed by atoms with E-state index < -0.39 is 0 Å². The number of methoxy groups -OCH3 is 1. The first-order valence-electron chi connectivity index (χ1n) is 9.39. The highest BCUT2D eigenvalue weighted by molar-refractivity contribution is 5.89. The Morgan fingerprint density at radius 1 is 1.00 bits per heavy atom. The van der Waals surface area contributed by atoms with E-state index in [1.165, 1.54) is 5.56 Å². The van der Waals surface area contributed by atoms with E-state index >= 15 is 0 Å². The Labute approximate surface area is 177 Å². The highest BCUT2D eigenvalue weighted by Crippen LogP contribution is 2.23. The molecule has 3 aromatic rings. The van der Waals surface area contributed by atoms with E-state index in [4.69, 9.17) is 13.9 Å². The molecule has 5 nitrogen and oxygen atoms in total. The van der Waals surface area contributed by atoms with Crippen LogP contribution in [0.15, 0.2) is 65.1 Å². The van der Waals surface area contributed by atoms with Crippen molar-refractivity contribution in [3.8, 4) is 17.1 Å². The molecule has 29 heavy (non-hydrogen) atoms. The second-order valence-electron chi connectivity index (χ2n) is 6.34. The van der Waals surface area contributed by atoms with Gasteiger partial charge in [-0.05, 0) is 61.9 Å². The number of carbonyl (C=O) groups is 1. The van der Waals surface area contributed by atoms with Gasteiger partial charge in [-0.2, -0.15) is 0 Å². The summed E-state index contributed by atoms with van der Waals surface area (Å²) in [5.41, 5.74) is 2.73. The average molecular weight is 416 g/mol. The Hall–Kier alpha value is -2.76. The van der Waals surface area contributed by atoms with Crippen molar-refractivity contribution in [2.45, 2.75) is 19.9 Å². The molecule has 0 bridgehead atoms. The molecular formula is C23H26ClNO4. The molecule has 1 aromatic heterocycles. The van der Waals surface area contributed by atoms with Crippen LogP contribution in [0.3, 0.4) is 0 Å². The van der Waals surface area contributed by atoms with Crippen molar-refractivity contribution in [2.24, 2.45) is 0 Å². The maximum Gasteiger partial charge on any atom is 0.338 e. The van der Waals surface area contributed by atoms with E-state index in [0.29, 0.717) is 18.7 Å². The molecular weight excluding hydrogens is 390 g/mol. The number of nitrogens with one attached hydrogen (secondary N) is 1. The Morgan fingerprint density at radius 3 is 2.38 bits per heavy atom. The standard InChI is InChI=1S/C23H25NO4.ClH/c1-3-27-23(25)19-8-6-18(7-9-19)22-13-12-21(28-22)16-24-15-14-17-4-10-20(26-2)11-5-17;/h4-13,24H,3,14-16H2,1-2H3;1H. The van der Waals surface area contributed by atoms with Crippen LogP contribution in [0.4, 0.5) is 0 Å². The smallest absolute Gasteiger partial charge is 0.338 e. The van der Waals surface area contributed by atoms with Crippen LogP contribution in [0.2, 0.25) is 0 Å². The summed E-state index contributed by atoms with van der Waals surface area (Å²) in [5, 5.41) is 3.40. The monoisotopic (exact) mass is 415 g/mol. The molecule has 6 heteroatoms. The maximum absolute atomic E-state index is 11.7. The maximum atomic E-state index is 11.7. The fraction of sp³-hybridized carbons (Fsp3) is 0.261. The van der Waals surface area contributed by atoms with Crippen molar-refractivity contribution in [3.63, 3.8) is 0 Å². The molecule has 1 N–H and O–H groups in total. The third-order valence-corrected chi connectivity index (χ3v) is 4.39. The molecule has 0 atom stereocenters. The molecule has 0 unspecified atom stereocenters. The van der Waals surface area contributed by atoms with Crippen LogP contribution in [-0.2, 0) is 17.7 Å². The molecule has 0 radical (unpaired) electrons. The average Bonchev–Trinajstić information content (AvgIpc) is 3.21. The van der Waals surface area contributed by atoms with Gasteiger partial charge in [0.2, 0.25) is 0 Å². The number of furan rings is 1. The number of ether oxygens (including phenoxy) is 2. The van der Waals surface area contributed by atoms with Crippen LogP contribution in [0.5, 0.6) is 5.75 Å². The summed E-state index contributed by atoms with van der Waals surface area (Å²) in [6, 6.07) is 19.2. The van der Waals surface area contributed by atoms with Gasteiger partial charge in [0.25, 0.3) is 0 Å². The van der Waals surface area contributed by atoms with Crippen molar-refractivity contribution in [1.82, 2.24) is 5.32 Å². The summed E-state index contributed by atoms with van der Waals surface area (Å²) in [4.78, 5) is 11.7. The van der Waals surface area contributed by atoms with Crippen LogP contribution >= 0.6 is 12.4 Å². The molecule has 2 aromatic carbocycles. The van der Waals surface area contributed by atoms with Crippen molar-refractivity contribution >= 4 is 18.4 Å². The van der Waals surface area contributed by atoms with Gasteiger partial charge >= 0.3 is 5.97 Å². The van der Waals surface area contributed by atoms with Crippen LogP contribution in [0, 0.1) is 0 Å². The van der Waals surface area contributed by atoms with E-state index in [1.807, 2.05) is 36.4 Å². The van der Waals surface area contributed by atoms with Gasteiger partial charge in [0.1, 0.15) is 17.3 Å². The number of carbonyl (C=O) groups excluding carboxylic acids is 1. The number of benzene rings is 2. The van der Waals surface area contributed by atoms with Crippen molar-refractivity contribution in [3.05, 3.63) is 77.6 Å². The van der Waals surface area contributed by atoms with Gasteiger partial charge in [-0.15, -0.1) is 12.4 Å². The molecule has 154 valence electrons. The summed E-state index contributed by atoms with van der Waals surface area (Å²) in [6.45, 7) is 3.68. The topological polar surface area (TPSA) is 60.7 Å². The van der Waals surface area contributed by atoms with Crippen LogP contribution in [-0.4, -0.2) is 26.2 Å². The Morgan fingerprint density at radius 2 is 1.72 bits per heavy atom. The van der Waals surface area contributed by atoms with Crippen molar-refractivity contribution < 1.29 is 18.7 Å². The molecule has 0 aliphatic heterocycles. The Bertz CT molecular complexity index is 888. The van der Waals surface area contributed by atoms with Gasteiger partial charge in [0, 0.05) is 5.56 Å². The highest BCUT2D eigenvalue weighted by atomic mass is 35.5. The summed E-state index contributed by atoms with van der Waals surface area (Å²) in [6.07, 6.45) is 0.937. The predicted octanol–water partition coefficient (Wildman–Crippen LogP) is 4.89. The highest BCUT2D eigenvalue weighted by Gasteiger charge is 2.09. The second-order valence-corrected chi connectivity index (χ2v) is 6.34. The van der Waals surface area contributed by atoms with E-state index in [1.54, 1.807) is 26.2 Å². The fourth-order valence-corrected chi connectivity index (χ4v) is 2.85. The number of esters is 1. The van der Waals surface area contributed by atoms with E-state index in [0.717, 1.165) is 35.8 Å². The lowest BCUT2D eigenvalue weighted by atomic mass is 10.1. The minimum Gasteiger partial charge on any atom is -0.497 e. The Kier molecular flexibility index (Phi) is 8.77. The molecule has 0 spiro atoms. The first-order valence-corrected chi connectivity index (χ1v) is 9.39. The van der Waals surface area contributed by atoms with Crippen molar-refractivity contribution in [2.75, 3.05) is 20.3 Å². The zero-order valence-electron chi connectivity index (χ0n) is 16.6. The summed E-state index contributed by atoms with van der Waals surface area (Å²) >= 11 is 0. The largest absolute Gasteiger partial charge is 0.497 e. The van der Waals surface area contributed by atoms with Gasteiger partial charge in [-0.3, -0.25) is 0 Å². The zero-order valence-corrected chi connectivity index (χ0v) is 17.5. The number of rotatable bonds is 9. The number of hydrogen-bond acceptors (Lipinski definition) is 5. The molecule has 0 saturated heterocycles. The first-order chi connectivity index (χ1) is 13.7. The third-order valence-electron chi connectivity index (χ3n) is 4.39. The third kappa shape index (κ3) is 6.38. The van der Waals surface area contributed by atoms with Gasteiger partial charge in [0.15, 0.2) is 0 Å². The predicted molar refractivity (Wildman–Crippen MR) is 116 cm³/mol. The lowest BCUT2D eigenvalue weighted by molar-refractivity contribution is 0.0526. The van der Waals surface area contributed by atoms with Crippen LogP contribution in [0.1, 0.15) is 28.6 Å². The minimum absolute atomic E-state index is 0. The van der Waals surface area contributed by atoms with Gasteiger partial charge < -0.3 is 19.2 Å². The number of halogens is 1. The normalized spacial score (nSPS) is 10.3. The van der Waals surface area contributed by atoms with E-state index in [2.05, 4.69) is 17.4 Å². The SMILES string of the molecule is CCOC(=O)c1ccc(-c2ccc(CNCCc3ccc(OC)cc3)o2)cc1.Cl. The van der Waals surface area contributed by atoms with Gasteiger partial charge in [0.05, 0.1) is 25.8 Å². The lowest BCUT2D eigenvalue weighted by Gasteiger charge is -2.05. The quantitative estimate of drug-likeness (QED) is 0.398. The molecule has 0 aliphatic carbocycles. The van der Waals surface area contributed by atoms with E-state index in [-0.39, 0.29) is 18.4 Å². The lowest BCUT2D eigenvalue weighted by Crippen LogP contribution is -2.16. The van der Waals surface area contributed by atoms with E-state index in [9.17, 15) is 4.79 Å². The zero-order chi connectivity index (χ0) is 19.8. The molecule has 0 fully saturated rings. The van der Waals surface area contributed by atoms with Gasteiger partial charge in [-0.25, -0.2) is 4.79 Å². The molecule has 0 amide bonds. The van der Waals surface area contributed by atoms with Crippen LogP contribution < -0.4 is 10.1 Å². The Balaban J connectivity index is 0.00000300. The summed E-state index contributed by atoms with van der Waals surface area (Å²) < 4.78 is 16.1. The molecule has 1 heterocycles. The molecule has 0 aliphatic rings. The molecule has 0 saturated carbocycles. The summed E-state index contributed by atoms with van der Waals surface area (Å²) in [5.74, 6) is 2.21. The molecule has 3 rings (SSSR count). The first kappa shape index (κ1) is 22.5. The second kappa shape index (κ2) is 11.3. The van der Waals surface area contributed by atoms with Crippen molar-refractivity contribution in [1.29, 1.82) is 0 Å². The van der Waals surface area contributed by atoms with Crippen LogP contribution in [0.25, 0.3) is 11.3 Å². The summed E-state index contributed by atoms with van der Waals surface area (Å²) in [7, 11) is 1.67. The minimum atomic E-state index is -0.310. The van der Waals surface area contributed by atoms with Gasteiger partial charge in [-0.1, -0.05) is 24.3 Å².